The highest BCUT2D eigenvalue weighted by molar-refractivity contribution is 6.12. The lowest BCUT2D eigenvalue weighted by Crippen LogP contribution is -1.96. The summed E-state index contributed by atoms with van der Waals surface area (Å²) in [6.45, 7) is 0. The van der Waals surface area contributed by atoms with Crippen LogP contribution in [0.25, 0.3) is 54.9 Å². The average molecular weight is 478 g/mol. The van der Waals surface area contributed by atoms with Gasteiger partial charge in [0.1, 0.15) is 23.6 Å². The Morgan fingerprint density at radius 3 is 2.03 bits per heavy atom. The van der Waals surface area contributed by atoms with Crippen molar-refractivity contribution in [3.05, 3.63) is 116 Å². The molecule has 8 aromatic rings. The van der Waals surface area contributed by atoms with Crippen molar-refractivity contribution in [3.8, 4) is 17.3 Å². The molecule has 174 valence electrons. The van der Waals surface area contributed by atoms with E-state index in [0.29, 0.717) is 0 Å². The summed E-state index contributed by atoms with van der Waals surface area (Å²) in [6, 6.07) is 35.0. The van der Waals surface area contributed by atoms with Gasteiger partial charge in [-0.2, -0.15) is 5.10 Å². The molecule has 0 spiro atoms. The number of pyridine rings is 2. The summed E-state index contributed by atoms with van der Waals surface area (Å²) in [5.41, 5.74) is 3.94. The monoisotopic (exact) mass is 477 g/mol. The van der Waals surface area contributed by atoms with Gasteiger partial charge in [0, 0.05) is 39.9 Å². The van der Waals surface area contributed by atoms with Gasteiger partial charge in [0.2, 0.25) is 0 Å². The number of nitrogens with zero attached hydrogens (tertiary/aromatic N) is 5. The maximum atomic E-state index is 6.42. The summed E-state index contributed by atoms with van der Waals surface area (Å²) in [7, 11) is 0. The molecule has 6 nitrogen and oxygen atoms in total. The van der Waals surface area contributed by atoms with Crippen molar-refractivity contribution in [2.24, 2.45) is 0 Å². The summed E-state index contributed by atoms with van der Waals surface area (Å²) in [5, 5.41) is 10.2. The van der Waals surface area contributed by atoms with Crippen LogP contribution in [-0.2, 0) is 0 Å². The zero-order valence-electron chi connectivity index (χ0n) is 19.6. The highest BCUT2D eigenvalue weighted by atomic mass is 16.5. The average Bonchev–Trinajstić information content (AvgIpc) is 3.57. The van der Waals surface area contributed by atoms with E-state index in [1.807, 2.05) is 53.2 Å². The predicted octanol–water partition coefficient (Wildman–Crippen LogP) is 7.32. The molecule has 0 aliphatic rings. The molecule has 0 saturated carbocycles. The van der Waals surface area contributed by atoms with Gasteiger partial charge in [-0.15, -0.1) is 0 Å². The fourth-order valence-corrected chi connectivity index (χ4v) is 5.38. The largest absolute Gasteiger partial charge is 0.457 e. The molecule has 0 aliphatic heterocycles. The standard InChI is InChI=1S/C31H19N5O/c1-2-9-26-22(7-1)24-14-12-21(18-29(24)36-31(26)33-19-34-36)37-20-13-15-25-23-8-3-4-10-27(23)35(28(25)17-20)30-11-5-6-16-32-30/h1-19H. The first-order valence-electron chi connectivity index (χ1n) is 12.1. The second-order valence-corrected chi connectivity index (χ2v) is 9.04. The predicted molar refractivity (Wildman–Crippen MR) is 147 cm³/mol. The minimum atomic E-state index is 0.736. The summed E-state index contributed by atoms with van der Waals surface area (Å²) in [6.07, 6.45) is 3.42. The Bertz CT molecular complexity index is 2130. The Morgan fingerprint density at radius 2 is 1.22 bits per heavy atom. The van der Waals surface area contributed by atoms with Crippen LogP contribution in [0.15, 0.2) is 116 Å². The molecule has 8 rings (SSSR count). The first-order valence-corrected chi connectivity index (χ1v) is 12.1. The summed E-state index contributed by atoms with van der Waals surface area (Å²) >= 11 is 0. The number of para-hydroxylation sites is 1. The number of hydrogen-bond donors (Lipinski definition) is 0. The summed E-state index contributed by atoms with van der Waals surface area (Å²) < 4.78 is 10.5. The highest BCUT2D eigenvalue weighted by Crippen LogP contribution is 2.36. The smallest absolute Gasteiger partial charge is 0.163 e. The summed E-state index contributed by atoms with van der Waals surface area (Å²) in [5.74, 6) is 2.36. The molecule has 0 N–H and O–H groups in total. The number of rotatable bonds is 3. The lowest BCUT2D eigenvalue weighted by Gasteiger charge is -2.11. The first-order chi connectivity index (χ1) is 18.3. The topological polar surface area (TPSA) is 57.2 Å². The molecule has 0 fully saturated rings. The van der Waals surface area contributed by atoms with Crippen molar-refractivity contribution in [2.45, 2.75) is 0 Å². The van der Waals surface area contributed by atoms with Crippen molar-refractivity contribution in [1.29, 1.82) is 0 Å². The Labute approximate surface area is 211 Å². The third kappa shape index (κ3) is 2.96. The van der Waals surface area contributed by atoms with E-state index in [0.717, 1.165) is 61.1 Å². The van der Waals surface area contributed by atoms with Crippen molar-refractivity contribution < 1.29 is 4.74 Å². The van der Waals surface area contributed by atoms with E-state index >= 15 is 0 Å². The lowest BCUT2D eigenvalue weighted by atomic mass is 10.1. The van der Waals surface area contributed by atoms with Crippen LogP contribution in [0, 0.1) is 0 Å². The molecule has 0 aliphatic carbocycles. The molecule has 0 amide bonds. The molecule has 37 heavy (non-hydrogen) atoms. The molecule has 0 atom stereocenters. The maximum absolute atomic E-state index is 6.42. The zero-order valence-corrected chi connectivity index (χ0v) is 19.6. The van der Waals surface area contributed by atoms with E-state index in [1.54, 1.807) is 6.33 Å². The first kappa shape index (κ1) is 20.0. The second-order valence-electron chi connectivity index (χ2n) is 9.04. The van der Waals surface area contributed by atoms with Crippen LogP contribution in [-0.4, -0.2) is 24.1 Å². The van der Waals surface area contributed by atoms with E-state index in [1.165, 1.54) is 5.39 Å². The number of ether oxygens (including phenoxy) is 1. The van der Waals surface area contributed by atoms with Gasteiger partial charge in [0.25, 0.3) is 0 Å². The van der Waals surface area contributed by atoms with E-state index in [2.05, 4.69) is 80.3 Å². The highest BCUT2D eigenvalue weighted by Gasteiger charge is 2.15. The van der Waals surface area contributed by atoms with Crippen molar-refractivity contribution >= 4 is 49.1 Å². The van der Waals surface area contributed by atoms with Gasteiger partial charge in [-0.1, -0.05) is 48.5 Å². The van der Waals surface area contributed by atoms with E-state index in [-0.39, 0.29) is 0 Å². The number of aromatic nitrogens is 5. The Balaban J connectivity index is 1.30. The molecule has 0 bridgehead atoms. The van der Waals surface area contributed by atoms with Crippen LogP contribution in [0.1, 0.15) is 0 Å². The van der Waals surface area contributed by atoms with Crippen LogP contribution in [0.5, 0.6) is 11.5 Å². The van der Waals surface area contributed by atoms with Gasteiger partial charge >= 0.3 is 0 Å². The minimum Gasteiger partial charge on any atom is -0.457 e. The molecular formula is C31H19N5O. The quantitative estimate of drug-likeness (QED) is 0.250. The Hall–Kier alpha value is -5.23. The Morgan fingerprint density at radius 1 is 0.541 bits per heavy atom. The molecule has 4 aromatic carbocycles. The molecular weight excluding hydrogens is 458 g/mol. The fourth-order valence-electron chi connectivity index (χ4n) is 5.38. The van der Waals surface area contributed by atoms with Crippen molar-refractivity contribution in [1.82, 2.24) is 24.1 Å². The third-order valence-corrected chi connectivity index (χ3v) is 6.96. The third-order valence-electron chi connectivity index (χ3n) is 6.96. The minimum absolute atomic E-state index is 0.736. The Kier molecular flexibility index (Phi) is 4.13. The van der Waals surface area contributed by atoms with Gasteiger partial charge in [0.05, 0.1) is 16.6 Å². The van der Waals surface area contributed by atoms with E-state index in [4.69, 9.17) is 4.74 Å². The normalized spacial score (nSPS) is 11.8. The second kappa shape index (κ2) is 7.63. The zero-order chi connectivity index (χ0) is 24.3. The fraction of sp³-hybridized carbons (Fsp3) is 0. The van der Waals surface area contributed by atoms with Crippen LogP contribution >= 0.6 is 0 Å². The van der Waals surface area contributed by atoms with Crippen LogP contribution < -0.4 is 4.74 Å². The van der Waals surface area contributed by atoms with Crippen LogP contribution in [0.3, 0.4) is 0 Å². The molecule has 0 unspecified atom stereocenters. The lowest BCUT2D eigenvalue weighted by molar-refractivity contribution is 0.484. The van der Waals surface area contributed by atoms with Crippen LogP contribution in [0.4, 0.5) is 0 Å². The van der Waals surface area contributed by atoms with Crippen molar-refractivity contribution in [2.75, 3.05) is 0 Å². The molecule has 0 radical (unpaired) electrons. The van der Waals surface area contributed by atoms with Gasteiger partial charge < -0.3 is 4.74 Å². The van der Waals surface area contributed by atoms with Gasteiger partial charge in [0.15, 0.2) is 5.65 Å². The number of benzene rings is 4. The maximum Gasteiger partial charge on any atom is 0.163 e. The van der Waals surface area contributed by atoms with Crippen LogP contribution in [0.2, 0.25) is 0 Å². The van der Waals surface area contributed by atoms with Gasteiger partial charge in [-0.25, -0.2) is 14.5 Å². The summed E-state index contributed by atoms with van der Waals surface area (Å²) in [4.78, 5) is 9.13. The number of fused-ring (bicyclic) bond motifs is 9. The van der Waals surface area contributed by atoms with Gasteiger partial charge in [-0.05, 0) is 47.9 Å². The molecule has 4 heterocycles. The molecule has 4 aromatic heterocycles. The molecule has 0 saturated heterocycles. The van der Waals surface area contributed by atoms with Gasteiger partial charge in [-0.3, -0.25) is 4.57 Å². The van der Waals surface area contributed by atoms with E-state index < -0.39 is 0 Å². The number of hydrogen-bond acceptors (Lipinski definition) is 4. The SMILES string of the molecule is c1ccc(-n2c3ccccc3c3ccc(Oc4ccc5c6ccccc6c6ncnn6c5c4)cc32)nc1. The van der Waals surface area contributed by atoms with E-state index in [9.17, 15) is 0 Å². The molecule has 6 heteroatoms. The van der Waals surface area contributed by atoms with Crippen molar-refractivity contribution in [3.63, 3.8) is 0 Å².